The zero-order valence-corrected chi connectivity index (χ0v) is 15.7. The molecule has 3 N–H and O–H groups in total. The van der Waals surface area contributed by atoms with Gasteiger partial charge in [0.05, 0.1) is 5.52 Å². The number of fused-ring (bicyclic) bond motifs is 1. The highest BCUT2D eigenvalue weighted by Crippen LogP contribution is 2.22. The van der Waals surface area contributed by atoms with Crippen LogP contribution in [0.2, 0.25) is 0 Å². The Morgan fingerprint density at radius 1 is 1.04 bits per heavy atom. The van der Waals surface area contributed by atoms with Gasteiger partial charge in [0, 0.05) is 24.5 Å². The lowest BCUT2D eigenvalue weighted by Gasteiger charge is -2.29. The van der Waals surface area contributed by atoms with E-state index in [-0.39, 0.29) is 12.3 Å². The van der Waals surface area contributed by atoms with E-state index in [0.29, 0.717) is 13.0 Å². The second kappa shape index (κ2) is 8.52. The molecule has 0 radical (unpaired) electrons. The fourth-order valence-electron chi connectivity index (χ4n) is 3.27. The van der Waals surface area contributed by atoms with E-state index in [2.05, 4.69) is 15.6 Å². The maximum atomic E-state index is 12.9. The monoisotopic (exact) mass is 377 g/mol. The average Bonchev–Trinajstić information content (AvgIpc) is 2.68. The van der Waals surface area contributed by atoms with Gasteiger partial charge in [-0.2, -0.15) is 0 Å². The minimum atomic E-state index is -1.30. The summed E-state index contributed by atoms with van der Waals surface area (Å²) in [6.07, 6.45) is 1.33. The number of para-hydroxylation sites is 1. The Hall–Kier alpha value is -3.41. The molecule has 6 heteroatoms. The molecule has 0 aliphatic heterocycles. The van der Waals surface area contributed by atoms with Crippen molar-refractivity contribution in [2.45, 2.75) is 25.3 Å². The van der Waals surface area contributed by atoms with Crippen molar-refractivity contribution >= 4 is 22.9 Å². The molecule has 1 aromatic heterocycles. The first kappa shape index (κ1) is 19.4. The molecule has 1 unspecified atom stereocenters. The number of benzene rings is 2. The summed E-state index contributed by atoms with van der Waals surface area (Å²) in [6.45, 7) is 2.03. The normalized spacial score (nSPS) is 12.9. The lowest BCUT2D eigenvalue weighted by molar-refractivity contribution is -0.126. The van der Waals surface area contributed by atoms with Gasteiger partial charge in [-0.3, -0.25) is 9.78 Å². The Morgan fingerprint density at radius 2 is 1.75 bits per heavy atom. The van der Waals surface area contributed by atoms with Gasteiger partial charge in [-0.15, -0.1) is 0 Å². The number of rotatable bonds is 7. The minimum absolute atomic E-state index is 0.222. The maximum Gasteiger partial charge on any atom is 0.405 e. The topological polar surface area (TPSA) is 91.3 Å². The van der Waals surface area contributed by atoms with E-state index in [1.54, 1.807) is 13.1 Å². The number of nitrogens with one attached hydrogen (secondary N) is 2. The van der Waals surface area contributed by atoms with Crippen molar-refractivity contribution in [2.75, 3.05) is 6.54 Å². The first-order valence-electron chi connectivity index (χ1n) is 9.14. The van der Waals surface area contributed by atoms with Crippen LogP contribution in [0.5, 0.6) is 0 Å². The number of carbonyl (C=O) groups is 2. The number of nitrogens with zero attached hydrogens (tertiary/aromatic N) is 1. The molecule has 28 heavy (non-hydrogen) atoms. The number of pyridine rings is 1. The summed E-state index contributed by atoms with van der Waals surface area (Å²) in [5.41, 5.74) is 1.48. The Labute approximate surface area is 163 Å². The molecule has 0 saturated heterocycles. The molecular weight excluding hydrogens is 354 g/mol. The Bertz CT molecular complexity index is 970. The summed E-state index contributed by atoms with van der Waals surface area (Å²) in [6, 6.07) is 19.2. The number of hydrogen-bond acceptors (Lipinski definition) is 3. The number of aromatic nitrogens is 1. The zero-order chi connectivity index (χ0) is 20.0. The van der Waals surface area contributed by atoms with E-state index >= 15 is 0 Å². The third-order valence-corrected chi connectivity index (χ3v) is 4.71. The highest BCUT2D eigenvalue weighted by atomic mass is 16.4. The predicted octanol–water partition coefficient (Wildman–Crippen LogP) is 3.16. The fourth-order valence-corrected chi connectivity index (χ4v) is 3.27. The smallest absolute Gasteiger partial charge is 0.405 e. The summed E-state index contributed by atoms with van der Waals surface area (Å²) in [7, 11) is 0. The molecule has 0 bridgehead atoms. The van der Waals surface area contributed by atoms with Crippen molar-refractivity contribution in [1.29, 1.82) is 0 Å². The van der Waals surface area contributed by atoms with E-state index in [0.717, 1.165) is 22.0 Å². The summed E-state index contributed by atoms with van der Waals surface area (Å²) in [4.78, 5) is 28.6. The molecule has 2 amide bonds. The Kier molecular flexibility index (Phi) is 5.89. The quantitative estimate of drug-likeness (QED) is 0.590. The Balaban J connectivity index is 1.77. The highest BCUT2D eigenvalue weighted by molar-refractivity contribution is 5.91. The average molecular weight is 377 g/mol. The molecule has 0 aliphatic rings. The third kappa shape index (κ3) is 4.65. The molecule has 0 saturated carbocycles. The van der Waals surface area contributed by atoms with Gasteiger partial charge in [0.25, 0.3) is 0 Å². The lowest BCUT2D eigenvalue weighted by atomic mass is 9.90. The maximum absolute atomic E-state index is 12.9. The van der Waals surface area contributed by atoms with Crippen LogP contribution in [0.25, 0.3) is 10.9 Å². The number of amides is 2. The van der Waals surface area contributed by atoms with Crippen LogP contribution in [-0.4, -0.2) is 34.2 Å². The van der Waals surface area contributed by atoms with Crippen LogP contribution in [0.4, 0.5) is 4.79 Å². The van der Waals surface area contributed by atoms with Crippen LogP contribution in [0.15, 0.2) is 66.9 Å². The van der Waals surface area contributed by atoms with Crippen LogP contribution in [0, 0.1) is 0 Å². The van der Waals surface area contributed by atoms with Gasteiger partial charge in [-0.05, 0) is 36.6 Å². The second-order valence-corrected chi connectivity index (χ2v) is 6.92. The Morgan fingerprint density at radius 3 is 2.50 bits per heavy atom. The number of hydrogen-bond donors (Lipinski definition) is 3. The van der Waals surface area contributed by atoms with Gasteiger partial charge in [0.15, 0.2) is 0 Å². The third-order valence-electron chi connectivity index (χ3n) is 4.71. The largest absolute Gasteiger partial charge is 0.465 e. The van der Waals surface area contributed by atoms with Crippen molar-refractivity contribution in [3.8, 4) is 0 Å². The summed E-state index contributed by atoms with van der Waals surface area (Å²) in [5, 5.41) is 15.5. The highest BCUT2D eigenvalue weighted by Gasteiger charge is 2.35. The van der Waals surface area contributed by atoms with Gasteiger partial charge in [0.2, 0.25) is 5.91 Å². The van der Waals surface area contributed by atoms with Crippen molar-refractivity contribution in [3.05, 3.63) is 78.0 Å². The van der Waals surface area contributed by atoms with Crippen LogP contribution in [0.3, 0.4) is 0 Å². The van der Waals surface area contributed by atoms with E-state index in [4.69, 9.17) is 0 Å². The first-order chi connectivity index (χ1) is 13.5. The van der Waals surface area contributed by atoms with Crippen LogP contribution >= 0.6 is 0 Å². The fraction of sp³-hybridized carbons (Fsp3) is 0.227. The van der Waals surface area contributed by atoms with Crippen molar-refractivity contribution in [3.63, 3.8) is 0 Å². The first-order valence-corrected chi connectivity index (χ1v) is 9.14. The minimum Gasteiger partial charge on any atom is -0.465 e. The molecule has 2 aromatic carbocycles. The molecule has 0 aliphatic carbocycles. The van der Waals surface area contributed by atoms with Gasteiger partial charge in [0.1, 0.15) is 5.54 Å². The zero-order valence-electron chi connectivity index (χ0n) is 15.7. The van der Waals surface area contributed by atoms with E-state index in [1.807, 2.05) is 60.7 Å². The molecular formula is C22H23N3O3. The van der Waals surface area contributed by atoms with Crippen molar-refractivity contribution in [1.82, 2.24) is 15.6 Å². The van der Waals surface area contributed by atoms with E-state index in [9.17, 15) is 14.7 Å². The molecule has 0 spiro atoms. The molecule has 144 valence electrons. The molecule has 1 heterocycles. The summed E-state index contributed by atoms with van der Waals surface area (Å²) >= 11 is 0. The lowest BCUT2D eigenvalue weighted by Crippen LogP contribution is -2.58. The van der Waals surface area contributed by atoms with Crippen molar-refractivity contribution < 1.29 is 14.7 Å². The van der Waals surface area contributed by atoms with Crippen LogP contribution in [0.1, 0.15) is 18.1 Å². The molecule has 3 aromatic rings. The van der Waals surface area contributed by atoms with E-state index < -0.39 is 11.6 Å². The van der Waals surface area contributed by atoms with Gasteiger partial charge >= 0.3 is 6.09 Å². The molecule has 0 fully saturated rings. The standard InChI is InChI=1S/C22H23N3O3/c1-22(25-21(27)28,20(26)24-13-11-16-7-3-2-4-8-16)15-17-12-14-23-19-10-6-5-9-18(17)19/h2-10,12,14,25H,11,13,15H2,1H3,(H,24,26)(H,27,28). The van der Waals surface area contributed by atoms with Crippen LogP contribution < -0.4 is 10.6 Å². The molecule has 1 atom stereocenters. The van der Waals surface area contributed by atoms with Gasteiger partial charge in [-0.25, -0.2) is 4.79 Å². The summed E-state index contributed by atoms with van der Waals surface area (Å²) < 4.78 is 0. The number of carbonyl (C=O) groups excluding carboxylic acids is 1. The van der Waals surface area contributed by atoms with Crippen molar-refractivity contribution in [2.24, 2.45) is 0 Å². The molecule has 6 nitrogen and oxygen atoms in total. The predicted molar refractivity (Wildman–Crippen MR) is 108 cm³/mol. The van der Waals surface area contributed by atoms with Crippen LogP contribution in [-0.2, 0) is 17.6 Å². The van der Waals surface area contributed by atoms with Gasteiger partial charge in [-0.1, -0.05) is 48.5 Å². The van der Waals surface area contributed by atoms with E-state index in [1.165, 1.54) is 0 Å². The molecule has 3 rings (SSSR count). The second-order valence-electron chi connectivity index (χ2n) is 6.92. The summed E-state index contributed by atoms with van der Waals surface area (Å²) in [5.74, 6) is -0.355. The SMILES string of the molecule is CC(Cc1ccnc2ccccc12)(NC(=O)O)C(=O)NCCc1ccccc1. The van der Waals surface area contributed by atoms with Gasteiger partial charge < -0.3 is 15.7 Å². The number of carboxylic acid groups (broad SMARTS) is 1.